The number of rotatable bonds is 6. The molecule has 28 heavy (non-hydrogen) atoms. The van der Waals surface area contributed by atoms with Gasteiger partial charge in [0.05, 0.1) is 0 Å². The van der Waals surface area contributed by atoms with Gasteiger partial charge in [-0.2, -0.15) is 0 Å². The lowest BCUT2D eigenvalue weighted by Crippen LogP contribution is -2.54. The van der Waals surface area contributed by atoms with Crippen molar-refractivity contribution in [3.8, 4) is 10.6 Å². The van der Waals surface area contributed by atoms with Crippen molar-refractivity contribution in [2.24, 2.45) is 5.92 Å². The molecule has 0 spiro atoms. The fourth-order valence-corrected chi connectivity index (χ4v) is 3.24. The molecule has 2 atom stereocenters. The summed E-state index contributed by atoms with van der Waals surface area (Å²) in [6.45, 7) is 11.6. The molecule has 1 aromatic heterocycles. The Morgan fingerprint density at radius 3 is 2.36 bits per heavy atom. The molecular weight excluding hydrogens is 374 g/mol. The van der Waals surface area contributed by atoms with Crippen LogP contribution in [0.3, 0.4) is 0 Å². The fourth-order valence-electron chi connectivity index (χ4n) is 2.49. The Hall–Kier alpha value is -2.48. The van der Waals surface area contributed by atoms with E-state index in [4.69, 9.17) is 0 Å². The van der Waals surface area contributed by atoms with Crippen LogP contribution in [0.1, 0.15) is 46.6 Å². The first-order valence-electron chi connectivity index (χ1n) is 9.39. The maximum absolute atomic E-state index is 12.8. The normalized spacial score (nSPS) is 13.5. The van der Waals surface area contributed by atoms with Crippen LogP contribution in [0.4, 0.5) is 9.93 Å². The summed E-state index contributed by atoms with van der Waals surface area (Å²) in [5, 5.41) is 17.8. The lowest BCUT2D eigenvalue weighted by atomic mass is 9.98. The molecule has 3 N–H and O–H groups in total. The maximum atomic E-state index is 12.8. The highest BCUT2D eigenvalue weighted by atomic mass is 32.1. The van der Waals surface area contributed by atoms with Gasteiger partial charge in [0.1, 0.15) is 11.0 Å². The van der Waals surface area contributed by atoms with Gasteiger partial charge < -0.3 is 10.6 Å². The van der Waals surface area contributed by atoms with Crippen molar-refractivity contribution < 1.29 is 9.59 Å². The zero-order valence-corrected chi connectivity index (χ0v) is 18.1. The summed E-state index contributed by atoms with van der Waals surface area (Å²) >= 11 is 1.30. The maximum Gasteiger partial charge on any atom is 0.315 e. The van der Waals surface area contributed by atoms with Gasteiger partial charge >= 0.3 is 6.03 Å². The monoisotopic (exact) mass is 403 g/mol. The number of urea groups is 1. The van der Waals surface area contributed by atoms with Gasteiger partial charge in [-0.25, -0.2) is 4.79 Å². The lowest BCUT2D eigenvalue weighted by Gasteiger charge is -2.26. The standard InChI is InChI=1S/C20H29N5O2S/c1-7-13(3)15(21-18(27)23-20(4,5)6)16(26)22-19-25-24-17(28-19)14-10-8-12(2)9-11-14/h8-11,13,15H,7H2,1-6H3,(H2,21,23,27)(H,22,25,26). The van der Waals surface area contributed by atoms with E-state index in [0.29, 0.717) is 5.13 Å². The number of nitrogens with zero attached hydrogens (tertiary/aromatic N) is 2. The fraction of sp³-hybridized carbons (Fsp3) is 0.500. The van der Waals surface area contributed by atoms with Crippen LogP contribution in [0.2, 0.25) is 0 Å². The Morgan fingerprint density at radius 2 is 1.79 bits per heavy atom. The first kappa shape index (κ1) is 21.8. The number of nitrogens with one attached hydrogen (secondary N) is 3. The van der Waals surface area contributed by atoms with Crippen LogP contribution in [0.5, 0.6) is 0 Å². The number of anilines is 1. The number of amides is 3. The Labute approximate surface area is 170 Å². The highest BCUT2D eigenvalue weighted by Crippen LogP contribution is 2.26. The summed E-state index contributed by atoms with van der Waals surface area (Å²) in [6.07, 6.45) is 0.749. The molecule has 1 heterocycles. The minimum Gasteiger partial charge on any atom is -0.334 e. The molecule has 2 aromatic rings. The molecule has 0 aliphatic rings. The van der Waals surface area contributed by atoms with Crippen LogP contribution in [-0.4, -0.2) is 33.7 Å². The Balaban J connectivity index is 2.08. The second-order valence-electron chi connectivity index (χ2n) is 7.98. The molecule has 0 saturated carbocycles. The highest BCUT2D eigenvalue weighted by Gasteiger charge is 2.28. The van der Waals surface area contributed by atoms with E-state index in [1.165, 1.54) is 11.3 Å². The van der Waals surface area contributed by atoms with Crippen LogP contribution in [0.15, 0.2) is 24.3 Å². The summed E-state index contributed by atoms with van der Waals surface area (Å²) in [6, 6.07) is 6.92. The second kappa shape index (κ2) is 9.14. The van der Waals surface area contributed by atoms with Gasteiger partial charge in [-0.05, 0) is 33.6 Å². The van der Waals surface area contributed by atoms with Crippen molar-refractivity contribution >= 4 is 28.4 Å². The summed E-state index contributed by atoms with van der Waals surface area (Å²) in [7, 11) is 0. The predicted molar refractivity (Wildman–Crippen MR) is 113 cm³/mol. The molecule has 1 aromatic carbocycles. The molecule has 152 valence electrons. The first-order chi connectivity index (χ1) is 13.1. The molecule has 7 nitrogen and oxygen atoms in total. The molecule has 0 aliphatic carbocycles. The average Bonchev–Trinajstić information content (AvgIpc) is 3.06. The molecule has 0 fully saturated rings. The van der Waals surface area contributed by atoms with Crippen molar-refractivity contribution in [1.82, 2.24) is 20.8 Å². The SMILES string of the molecule is CCC(C)C(NC(=O)NC(C)(C)C)C(=O)Nc1nnc(-c2ccc(C)cc2)s1. The van der Waals surface area contributed by atoms with E-state index in [1.807, 2.05) is 65.8 Å². The molecular formula is C20H29N5O2S. The topological polar surface area (TPSA) is 96.0 Å². The minimum absolute atomic E-state index is 0.0322. The van der Waals surface area contributed by atoms with E-state index in [2.05, 4.69) is 26.1 Å². The zero-order chi connectivity index (χ0) is 20.9. The third-order valence-corrected chi connectivity index (χ3v) is 5.11. The predicted octanol–water partition coefficient (Wildman–Crippen LogP) is 3.96. The Morgan fingerprint density at radius 1 is 1.14 bits per heavy atom. The molecule has 0 radical (unpaired) electrons. The third kappa shape index (κ3) is 6.30. The van der Waals surface area contributed by atoms with Crippen molar-refractivity contribution in [3.63, 3.8) is 0 Å². The van der Waals surface area contributed by atoms with Gasteiger partial charge in [0.2, 0.25) is 11.0 Å². The average molecular weight is 404 g/mol. The summed E-state index contributed by atoms with van der Waals surface area (Å²) in [5.41, 5.74) is 1.73. The number of carbonyl (C=O) groups is 2. The van der Waals surface area contributed by atoms with E-state index in [0.717, 1.165) is 22.6 Å². The van der Waals surface area contributed by atoms with Gasteiger partial charge in [-0.3, -0.25) is 10.1 Å². The number of benzene rings is 1. The number of hydrogen-bond donors (Lipinski definition) is 3. The Bertz CT molecular complexity index is 811. The van der Waals surface area contributed by atoms with Crippen LogP contribution in [0, 0.1) is 12.8 Å². The second-order valence-corrected chi connectivity index (χ2v) is 8.96. The highest BCUT2D eigenvalue weighted by molar-refractivity contribution is 7.18. The van der Waals surface area contributed by atoms with Crippen molar-refractivity contribution in [3.05, 3.63) is 29.8 Å². The summed E-state index contributed by atoms with van der Waals surface area (Å²) in [4.78, 5) is 25.0. The molecule has 0 aliphatic heterocycles. The van der Waals surface area contributed by atoms with Gasteiger partial charge in [0.15, 0.2) is 0 Å². The van der Waals surface area contributed by atoms with Crippen molar-refractivity contribution in [2.75, 3.05) is 5.32 Å². The molecule has 0 bridgehead atoms. The molecule has 3 amide bonds. The van der Waals surface area contributed by atoms with Crippen molar-refractivity contribution in [1.29, 1.82) is 0 Å². The van der Waals surface area contributed by atoms with Crippen LogP contribution in [-0.2, 0) is 4.79 Å². The minimum atomic E-state index is -0.668. The number of carbonyl (C=O) groups excluding carboxylic acids is 2. The van der Waals surface area contributed by atoms with E-state index in [1.54, 1.807) is 0 Å². The quantitative estimate of drug-likeness (QED) is 0.680. The van der Waals surface area contributed by atoms with E-state index in [9.17, 15) is 9.59 Å². The number of aryl methyl sites for hydroxylation is 1. The van der Waals surface area contributed by atoms with E-state index >= 15 is 0 Å². The van der Waals surface area contributed by atoms with Crippen LogP contribution in [0.25, 0.3) is 10.6 Å². The van der Waals surface area contributed by atoms with Crippen LogP contribution >= 0.6 is 11.3 Å². The van der Waals surface area contributed by atoms with E-state index in [-0.39, 0.29) is 23.4 Å². The first-order valence-corrected chi connectivity index (χ1v) is 10.2. The van der Waals surface area contributed by atoms with Crippen LogP contribution < -0.4 is 16.0 Å². The number of aromatic nitrogens is 2. The molecule has 0 saturated heterocycles. The smallest absolute Gasteiger partial charge is 0.315 e. The third-order valence-electron chi connectivity index (χ3n) is 4.22. The molecule has 2 unspecified atom stereocenters. The van der Waals surface area contributed by atoms with Gasteiger partial charge in [-0.1, -0.05) is 61.4 Å². The lowest BCUT2D eigenvalue weighted by molar-refractivity contribution is -0.119. The van der Waals surface area contributed by atoms with Gasteiger partial charge in [0.25, 0.3) is 0 Å². The largest absolute Gasteiger partial charge is 0.334 e. The molecule has 8 heteroatoms. The Kier molecular flexibility index (Phi) is 7.12. The summed E-state index contributed by atoms with van der Waals surface area (Å²) < 4.78 is 0. The summed E-state index contributed by atoms with van der Waals surface area (Å²) in [5.74, 6) is -0.333. The van der Waals surface area contributed by atoms with Crippen molar-refractivity contribution in [2.45, 2.75) is 59.5 Å². The van der Waals surface area contributed by atoms with Gasteiger partial charge in [0, 0.05) is 11.1 Å². The van der Waals surface area contributed by atoms with E-state index < -0.39 is 6.04 Å². The zero-order valence-electron chi connectivity index (χ0n) is 17.3. The molecule has 2 rings (SSSR count). The van der Waals surface area contributed by atoms with Gasteiger partial charge in [-0.15, -0.1) is 10.2 Å². The number of hydrogen-bond acceptors (Lipinski definition) is 5.